The standard InChI is InChI=1S/C16H20N2O/c1-2-4-16-12-18(8-5-15(16)3-1)9-7-17-11-14-6-10-19-13-14/h1-4,6,10,13,17H,5,7-9,11-12H2. The number of nitrogens with one attached hydrogen (secondary N) is 1. The van der Waals surface area contributed by atoms with Gasteiger partial charge in [0.1, 0.15) is 0 Å². The van der Waals surface area contributed by atoms with Crippen molar-refractivity contribution in [3.63, 3.8) is 0 Å². The van der Waals surface area contributed by atoms with Gasteiger partial charge in [-0.15, -0.1) is 0 Å². The van der Waals surface area contributed by atoms with E-state index in [4.69, 9.17) is 4.42 Å². The molecule has 0 unspecified atom stereocenters. The summed E-state index contributed by atoms with van der Waals surface area (Å²) in [6.07, 6.45) is 4.70. The van der Waals surface area contributed by atoms with Gasteiger partial charge in [-0.05, 0) is 23.6 Å². The molecule has 0 spiro atoms. The number of hydrogen-bond acceptors (Lipinski definition) is 3. The van der Waals surface area contributed by atoms with Crippen molar-refractivity contribution in [3.05, 3.63) is 59.5 Å². The Morgan fingerprint density at radius 3 is 2.89 bits per heavy atom. The van der Waals surface area contributed by atoms with Gasteiger partial charge in [-0.3, -0.25) is 4.90 Å². The molecule has 0 atom stereocenters. The van der Waals surface area contributed by atoms with Crippen molar-refractivity contribution in [1.29, 1.82) is 0 Å². The normalized spacial score (nSPS) is 15.4. The Balaban J connectivity index is 1.42. The van der Waals surface area contributed by atoms with E-state index in [1.54, 1.807) is 12.5 Å². The highest BCUT2D eigenvalue weighted by Crippen LogP contribution is 2.17. The number of furan rings is 1. The molecule has 1 aromatic heterocycles. The molecule has 2 aromatic rings. The van der Waals surface area contributed by atoms with E-state index in [1.807, 2.05) is 6.07 Å². The van der Waals surface area contributed by atoms with Crippen molar-refractivity contribution in [1.82, 2.24) is 10.2 Å². The minimum atomic E-state index is 0.890. The summed E-state index contributed by atoms with van der Waals surface area (Å²) in [6.45, 7) is 5.27. The molecule has 3 heteroatoms. The summed E-state index contributed by atoms with van der Waals surface area (Å²) in [5, 5.41) is 3.46. The molecule has 1 aliphatic rings. The van der Waals surface area contributed by atoms with Crippen molar-refractivity contribution in [2.45, 2.75) is 19.5 Å². The first-order valence-corrected chi connectivity index (χ1v) is 6.93. The average Bonchev–Trinajstić information content (AvgIpc) is 2.97. The molecule has 3 rings (SSSR count). The van der Waals surface area contributed by atoms with Crippen LogP contribution in [0.25, 0.3) is 0 Å². The van der Waals surface area contributed by atoms with Crippen molar-refractivity contribution < 1.29 is 4.42 Å². The average molecular weight is 256 g/mol. The number of hydrogen-bond donors (Lipinski definition) is 1. The topological polar surface area (TPSA) is 28.4 Å². The molecule has 19 heavy (non-hydrogen) atoms. The summed E-state index contributed by atoms with van der Waals surface area (Å²) in [4.78, 5) is 2.52. The third-order valence-electron chi connectivity index (χ3n) is 3.72. The van der Waals surface area contributed by atoms with Crippen LogP contribution < -0.4 is 5.32 Å². The van der Waals surface area contributed by atoms with Gasteiger partial charge in [0.25, 0.3) is 0 Å². The van der Waals surface area contributed by atoms with E-state index in [9.17, 15) is 0 Å². The Bertz CT molecular complexity index is 507. The molecule has 1 aliphatic heterocycles. The van der Waals surface area contributed by atoms with Crippen LogP contribution in [-0.4, -0.2) is 24.5 Å². The maximum absolute atomic E-state index is 5.05. The molecule has 0 fully saturated rings. The second kappa shape index (κ2) is 6.04. The van der Waals surface area contributed by atoms with E-state index in [0.717, 1.165) is 26.2 Å². The van der Waals surface area contributed by atoms with Crippen LogP contribution in [0.1, 0.15) is 16.7 Å². The zero-order valence-electron chi connectivity index (χ0n) is 11.1. The first-order chi connectivity index (χ1) is 9.42. The molecular weight excluding hydrogens is 236 g/mol. The van der Waals surface area contributed by atoms with Crippen molar-refractivity contribution >= 4 is 0 Å². The maximum atomic E-state index is 5.05. The van der Waals surface area contributed by atoms with Crippen LogP contribution in [-0.2, 0) is 19.5 Å². The number of nitrogens with zero attached hydrogens (tertiary/aromatic N) is 1. The van der Waals surface area contributed by atoms with Gasteiger partial charge in [0, 0.05) is 38.3 Å². The van der Waals surface area contributed by atoms with Crippen LogP contribution in [0.15, 0.2) is 47.3 Å². The van der Waals surface area contributed by atoms with Gasteiger partial charge in [-0.1, -0.05) is 24.3 Å². The first-order valence-electron chi connectivity index (χ1n) is 6.93. The number of rotatable bonds is 5. The molecule has 2 heterocycles. The van der Waals surface area contributed by atoms with Gasteiger partial charge < -0.3 is 9.73 Å². The third-order valence-corrected chi connectivity index (χ3v) is 3.72. The van der Waals surface area contributed by atoms with E-state index in [0.29, 0.717) is 0 Å². The van der Waals surface area contributed by atoms with Gasteiger partial charge in [0.15, 0.2) is 0 Å². The largest absolute Gasteiger partial charge is 0.472 e. The SMILES string of the molecule is c1ccc2c(c1)CCN(CCNCc1ccoc1)C2. The lowest BCUT2D eigenvalue weighted by atomic mass is 10.00. The molecule has 0 saturated heterocycles. The smallest absolute Gasteiger partial charge is 0.0947 e. The second-order valence-corrected chi connectivity index (χ2v) is 5.10. The minimum Gasteiger partial charge on any atom is -0.472 e. The van der Waals surface area contributed by atoms with Gasteiger partial charge in [0.05, 0.1) is 12.5 Å². The fourth-order valence-electron chi connectivity index (χ4n) is 2.61. The molecule has 0 saturated carbocycles. The highest BCUT2D eigenvalue weighted by atomic mass is 16.3. The van der Waals surface area contributed by atoms with E-state index >= 15 is 0 Å². The van der Waals surface area contributed by atoms with Gasteiger partial charge >= 0.3 is 0 Å². The summed E-state index contributed by atoms with van der Waals surface area (Å²) in [6, 6.07) is 10.8. The van der Waals surface area contributed by atoms with Crippen LogP contribution in [0, 0.1) is 0 Å². The minimum absolute atomic E-state index is 0.890. The zero-order valence-corrected chi connectivity index (χ0v) is 11.1. The van der Waals surface area contributed by atoms with Crippen LogP contribution in [0.2, 0.25) is 0 Å². The second-order valence-electron chi connectivity index (χ2n) is 5.10. The number of benzene rings is 1. The Labute approximate surface area is 114 Å². The fourth-order valence-corrected chi connectivity index (χ4v) is 2.61. The molecule has 0 aliphatic carbocycles. The maximum Gasteiger partial charge on any atom is 0.0947 e. The van der Waals surface area contributed by atoms with Crippen LogP contribution in [0.5, 0.6) is 0 Å². The molecule has 100 valence electrons. The predicted octanol–water partition coefficient (Wildman–Crippen LogP) is 2.43. The van der Waals surface area contributed by atoms with Gasteiger partial charge in [0.2, 0.25) is 0 Å². The summed E-state index contributed by atoms with van der Waals surface area (Å²) in [5.74, 6) is 0. The molecule has 0 radical (unpaired) electrons. The third kappa shape index (κ3) is 3.25. The molecule has 3 nitrogen and oxygen atoms in total. The summed E-state index contributed by atoms with van der Waals surface area (Å²) in [7, 11) is 0. The highest BCUT2D eigenvalue weighted by Gasteiger charge is 2.14. The molecular formula is C16H20N2O. The van der Waals surface area contributed by atoms with E-state index in [1.165, 1.54) is 29.7 Å². The Hall–Kier alpha value is -1.58. The molecule has 1 aromatic carbocycles. The number of fused-ring (bicyclic) bond motifs is 1. The predicted molar refractivity (Wildman–Crippen MR) is 75.8 cm³/mol. The first kappa shape index (κ1) is 12.5. The molecule has 0 amide bonds. The van der Waals surface area contributed by atoms with E-state index < -0.39 is 0 Å². The van der Waals surface area contributed by atoms with E-state index in [2.05, 4.69) is 34.5 Å². The summed E-state index contributed by atoms with van der Waals surface area (Å²) in [5.41, 5.74) is 4.22. The lowest BCUT2D eigenvalue weighted by Crippen LogP contribution is -2.35. The molecule has 1 N–H and O–H groups in total. The van der Waals surface area contributed by atoms with Crippen LogP contribution in [0.3, 0.4) is 0 Å². The quantitative estimate of drug-likeness (QED) is 0.833. The van der Waals surface area contributed by atoms with E-state index in [-0.39, 0.29) is 0 Å². The van der Waals surface area contributed by atoms with Crippen molar-refractivity contribution in [2.24, 2.45) is 0 Å². The molecule has 0 bridgehead atoms. The highest BCUT2D eigenvalue weighted by molar-refractivity contribution is 5.29. The van der Waals surface area contributed by atoms with Crippen LogP contribution >= 0.6 is 0 Å². The van der Waals surface area contributed by atoms with Crippen LogP contribution in [0.4, 0.5) is 0 Å². The Morgan fingerprint density at radius 1 is 1.16 bits per heavy atom. The van der Waals surface area contributed by atoms with Crippen molar-refractivity contribution in [2.75, 3.05) is 19.6 Å². The van der Waals surface area contributed by atoms with Gasteiger partial charge in [-0.25, -0.2) is 0 Å². The fraction of sp³-hybridized carbons (Fsp3) is 0.375. The summed E-state index contributed by atoms with van der Waals surface area (Å²) >= 11 is 0. The monoisotopic (exact) mass is 256 g/mol. The van der Waals surface area contributed by atoms with Crippen molar-refractivity contribution in [3.8, 4) is 0 Å². The Morgan fingerprint density at radius 2 is 2.05 bits per heavy atom. The lowest BCUT2D eigenvalue weighted by molar-refractivity contribution is 0.254. The zero-order chi connectivity index (χ0) is 12.9. The summed E-state index contributed by atoms with van der Waals surface area (Å²) < 4.78 is 5.05. The Kier molecular flexibility index (Phi) is 3.96. The van der Waals surface area contributed by atoms with Gasteiger partial charge in [-0.2, -0.15) is 0 Å². The lowest BCUT2D eigenvalue weighted by Gasteiger charge is -2.28.